The Bertz CT molecular complexity index is 1460. The molecule has 13 heteroatoms. The Morgan fingerprint density at radius 2 is 1.15 bits per heavy atom. The number of nitrogens with two attached hydrogens (primary N) is 1. The molecule has 0 saturated heterocycles. The minimum Gasteiger partial charge on any atom is -0.480 e. The summed E-state index contributed by atoms with van der Waals surface area (Å²) < 4.78 is 32.5. The summed E-state index contributed by atoms with van der Waals surface area (Å²) in [4.78, 5) is 45.9. The van der Waals surface area contributed by atoms with Gasteiger partial charge in [0.2, 0.25) is 0 Å². The average molecular weight is 874 g/mol. The third-order valence-corrected chi connectivity index (χ3v) is 9.55. The Morgan fingerprint density at radius 3 is 1.77 bits per heavy atom. The van der Waals surface area contributed by atoms with Gasteiger partial charge >= 0.3 is 25.7 Å². The number of hydrogen-bond donors (Lipinski definition) is 4. The summed E-state index contributed by atoms with van der Waals surface area (Å²) in [5.41, 5.74) is 5.32. The molecule has 0 aromatic heterocycles. The number of hydrogen-bond acceptors (Lipinski definition) is 10. The van der Waals surface area contributed by atoms with Crippen LogP contribution in [-0.2, 0) is 37.5 Å². The summed E-state index contributed by atoms with van der Waals surface area (Å²) in [7, 11) is -4.78. The third-order valence-electron chi connectivity index (χ3n) is 8.60. The topological polar surface area (TPSA) is 192 Å². The van der Waals surface area contributed by atoms with E-state index >= 15 is 0 Å². The average Bonchev–Trinajstić information content (AvgIpc) is 3.23. The second-order valence-corrected chi connectivity index (χ2v) is 15.7. The van der Waals surface area contributed by atoms with Crippen molar-refractivity contribution in [1.82, 2.24) is 0 Å². The molecule has 0 saturated carbocycles. The fraction of sp³-hybridized carbons (Fsp3) is 0.562. The largest absolute Gasteiger partial charge is 0.480 e. The Labute approximate surface area is 366 Å². The summed E-state index contributed by atoms with van der Waals surface area (Å²) in [5, 5.41) is 19.1. The first-order valence-corrected chi connectivity index (χ1v) is 23.5. The van der Waals surface area contributed by atoms with Gasteiger partial charge in [0.25, 0.3) is 0 Å². The molecule has 0 aromatic rings. The van der Waals surface area contributed by atoms with Crippen LogP contribution in [0.25, 0.3) is 0 Å². The number of aliphatic hydroxyl groups is 1. The second-order valence-electron chi connectivity index (χ2n) is 14.3. The molecular formula is C48H76NO11P. The van der Waals surface area contributed by atoms with Crippen molar-refractivity contribution in [2.24, 2.45) is 5.73 Å². The molecule has 0 spiro atoms. The molecule has 0 amide bonds. The zero-order valence-corrected chi connectivity index (χ0v) is 37.7. The highest BCUT2D eigenvalue weighted by Gasteiger charge is 2.28. The molecule has 61 heavy (non-hydrogen) atoms. The maximum atomic E-state index is 12.6. The number of carbonyl (C=O) groups excluding carboxylic acids is 2. The molecule has 2 unspecified atom stereocenters. The molecule has 344 valence electrons. The summed E-state index contributed by atoms with van der Waals surface area (Å²) in [6.45, 7) is 2.43. The van der Waals surface area contributed by atoms with E-state index in [1.807, 2.05) is 24.3 Å². The van der Waals surface area contributed by atoms with E-state index in [1.165, 1.54) is 38.5 Å². The van der Waals surface area contributed by atoms with Crippen LogP contribution in [0.5, 0.6) is 0 Å². The molecule has 0 heterocycles. The lowest BCUT2D eigenvalue weighted by molar-refractivity contribution is -0.161. The lowest BCUT2D eigenvalue weighted by Crippen LogP contribution is -2.34. The van der Waals surface area contributed by atoms with E-state index in [2.05, 4.69) is 79.1 Å². The maximum absolute atomic E-state index is 12.6. The molecule has 4 atom stereocenters. The number of rotatable bonds is 39. The van der Waals surface area contributed by atoms with Crippen LogP contribution in [0, 0.1) is 0 Å². The highest BCUT2D eigenvalue weighted by atomic mass is 31.2. The van der Waals surface area contributed by atoms with E-state index in [4.69, 9.17) is 24.8 Å². The number of phosphoric acid groups is 1. The number of esters is 2. The monoisotopic (exact) mass is 874 g/mol. The van der Waals surface area contributed by atoms with E-state index in [0.29, 0.717) is 25.7 Å². The van der Waals surface area contributed by atoms with Crippen LogP contribution in [0.2, 0.25) is 0 Å². The van der Waals surface area contributed by atoms with Crippen LogP contribution in [0.1, 0.15) is 136 Å². The van der Waals surface area contributed by atoms with Gasteiger partial charge in [-0.1, -0.05) is 155 Å². The normalized spacial score (nSPS) is 15.2. The summed E-state index contributed by atoms with van der Waals surface area (Å²) in [6, 6.07) is -1.56. The highest BCUT2D eigenvalue weighted by molar-refractivity contribution is 7.47. The van der Waals surface area contributed by atoms with Crippen molar-refractivity contribution in [2.45, 2.75) is 154 Å². The van der Waals surface area contributed by atoms with Crippen LogP contribution in [-0.4, -0.2) is 71.1 Å². The van der Waals surface area contributed by atoms with Gasteiger partial charge in [0.15, 0.2) is 6.10 Å². The zero-order chi connectivity index (χ0) is 45.1. The number of aliphatic carboxylic acids is 1. The van der Waals surface area contributed by atoms with Crippen molar-refractivity contribution in [3.8, 4) is 0 Å². The van der Waals surface area contributed by atoms with Crippen molar-refractivity contribution in [3.63, 3.8) is 0 Å². The number of carbonyl (C=O) groups is 3. The quantitative estimate of drug-likeness (QED) is 0.0150. The van der Waals surface area contributed by atoms with Gasteiger partial charge in [0.1, 0.15) is 12.6 Å². The lowest BCUT2D eigenvalue weighted by Gasteiger charge is -2.20. The molecule has 0 aromatic carbocycles. The summed E-state index contributed by atoms with van der Waals surface area (Å²) >= 11 is 0. The SMILES string of the molecule is CC/C=C\C/C=C\C/C=C\C/C=C\C=C/C(O)C/C=C\CCC(=O)OC[C@H](COP(=O)(O)OC[C@H](N)C(=O)O)OC(=O)CCC/C=C\C/C=C\C/C=C\CCCCCCCC. The Hall–Kier alpha value is -3.90. The minimum absolute atomic E-state index is 0.00192. The molecule has 5 N–H and O–H groups in total. The van der Waals surface area contributed by atoms with Crippen LogP contribution in [0.4, 0.5) is 0 Å². The van der Waals surface area contributed by atoms with E-state index in [0.717, 1.165) is 44.9 Å². The van der Waals surface area contributed by atoms with Gasteiger partial charge in [-0.05, 0) is 77.0 Å². The van der Waals surface area contributed by atoms with Gasteiger partial charge in [-0.2, -0.15) is 0 Å². The van der Waals surface area contributed by atoms with Crippen LogP contribution in [0.15, 0.2) is 109 Å². The van der Waals surface area contributed by atoms with Crippen molar-refractivity contribution >= 4 is 25.7 Å². The maximum Gasteiger partial charge on any atom is 0.472 e. The molecule has 0 fully saturated rings. The van der Waals surface area contributed by atoms with E-state index in [-0.39, 0.29) is 12.8 Å². The third kappa shape index (κ3) is 41.2. The van der Waals surface area contributed by atoms with Gasteiger partial charge in [-0.25, -0.2) is 4.57 Å². The standard InChI is InChI=1S/C48H76NO11P/c1-3-5-7-9-11-13-15-17-18-19-20-22-24-26-28-30-34-39-47(52)60-44(41-58-61(55,56)59-42-45(49)48(53)54)40-57-46(51)38-35-31-33-37-43(50)36-32-29-27-25-23-21-16-14-12-10-8-6-4-2/h6,8,12,14,17-18,20-23,26-29,31-33,36,43-45,50H,3-5,7,9-11,13,15-16,19,24-25,30,34-35,37-42,49H2,1-2H3,(H,53,54)(H,55,56)/b8-6-,14-12-,18-17-,22-20-,23-21-,28-26-,29-27-,33-31-,36-32-/t43?,44-,45+/m1/s1. The second kappa shape index (κ2) is 41.5. The Kier molecular flexibility index (Phi) is 38.8. The summed E-state index contributed by atoms with van der Waals surface area (Å²) in [6.07, 6.45) is 50.5. The van der Waals surface area contributed by atoms with Crippen molar-refractivity contribution in [1.29, 1.82) is 0 Å². The first-order chi connectivity index (χ1) is 29.5. The van der Waals surface area contributed by atoms with Gasteiger partial charge in [-0.15, -0.1) is 0 Å². The predicted octanol–water partition coefficient (Wildman–Crippen LogP) is 10.8. The van der Waals surface area contributed by atoms with E-state index in [9.17, 15) is 28.9 Å². The summed E-state index contributed by atoms with van der Waals surface area (Å²) in [5.74, 6) is -2.66. The first-order valence-electron chi connectivity index (χ1n) is 22.0. The first kappa shape index (κ1) is 57.1. The van der Waals surface area contributed by atoms with Gasteiger partial charge < -0.3 is 30.3 Å². The number of allylic oxidation sites excluding steroid dienone is 16. The molecule has 0 rings (SSSR count). The Morgan fingerprint density at radius 1 is 0.607 bits per heavy atom. The molecule has 0 bridgehead atoms. The number of phosphoric ester groups is 1. The fourth-order valence-corrected chi connectivity index (χ4v) is 5.91. The van der Waals surface area contributed by atoms with Crippen LogP contribution >= 0.6 is 7.82 Å². The fourth-order valence-electron chi connectivity index (χ4n) is 5.13. The predicted molar refractivity (Wildman–Crippen MR) is 246 cm³/mol. The molecule has 12 nitrogen and oxygen atoms in total. The molecule has 0 aliphatic rings. The highest BCUT2D eigenvalue weighted by Crippen LogP contribution is 2.43. The molecular weight excluding hydrogens is 797 g/mol. The van der Waals surface area contributed by atoms with Gasteiger partial charge in [-0.3, -0.25) is 23.4 Å². The minimum atomic E-state index is -4.78. The molecule has 0 aliphatic carbocycles. The molecule has 0 aliphatic heterocycles. The number of aliphatic hydroxyl groups excluding tert-OH is 1. The van der Waals surface area contributed by atoms with E-state index in [1.54, 1.807) is 24.3 Å². The van der Waals surface area contributed by atoms with Gasteiger partial charge in [0.05, 0.1) is 19.3 Å². The number of carboxylic acid groups (broad SMARTS) is 1. The smallest absolute Gasteiger partial charge is 0.472 e. The molecule has 0 radical (unpaired) electrons. The van der Waals surface area contributed by atoms with Crippen molar-refractivity contribution in [3.05, 3.63) is 109 Å². The van der Waals surface area contributed by atoms with Crippen molar-refractivity contribution in [2.75, 3.05) is 19.8 Å². The van der Waals surface area contributed by atoms with Gasteiger partial charge in [0, 0.05) is 12.8 Å². The number of ether oxygens (including phenoxy) is 2. The lowest BCUT2D eigenvalue weighted by atomic mass is 10.1. The van der Waals surface area contributed by atoms with Crippen LogP contribution < -0.4 is 5.73 Å². The van der Waals surface area contributed by atoms with Crippen molar-refractivity contribution < 1.29 is 52.6 Å². The van der Waals surface area contributed by atoms with E-state index < -0.39 is 63.8 Å². The Balaban J connectivity index is 4.67. The number of unbranched alkanes of at least 4 members (excludes halogenated alkanes) is 7. The van der Waals surface area contributed by atoms with Crippen LogP contribution in [0.3, 0.4) is 0 Å². The zero-order valence-electron chi connectivity index (χ0n) is 36.8. The number of carboxylic acids is 1.